The molecular weight excluding hydrogens is 369 g/mol. The SMILES string of the molecule is NC(Cc1cc(Br)ccc1F)c1sccc1Br. The zero-order chi connectivity index (χ0) is 12.4. The summed E-state index contributed by atoms with van der Waals surface area (Å²) in [6, 6.07) is 6.68. The molecule has 0 aliphatic rings. The highest BCUT2D eigenvalue weighted by Crippen LogP contribution is 2.30. The van der Waals surface area contributed by atoms with Gasteiger partial charge in [-0.3, -0.25) is 0 Å². The van der Waals surface area contributed by atoms with Crippen LogP contribution >= 0.6 is 43.2 Å². The van der Waals surface area contributed by atoms with Crippen LogP contribution in [0.4, 0.5) is 4.39 Å². The van der Waals surface area contributed by atoms with Crippen molar-refractivity contribution in [2.45, 2.75) is 12.5 Å². The predicted molar refractivity (Wildman–Crippen MR) is 76.8 cm³/mol. The maximum absolute atomic E-state index is 13.6. The van der Waals surface area contributed by atoms with Crippen LogP contribution in [-0.4, -0.2) is 0 Å². The van der Waals surface area contributed by atoms with Gasteiger partial charge >= 0.3 is 0 Å². The highest BCUT2D eigenvalue weighted by atomic mass is 79.9. The van der Waals surface area contributed by atoms with Crippen molar-refractivity contribution in [2.75, 3.05) is 0 Å². The Bertz CT molecular complexity index is 527. The van der Waals surface area contributed by atoms with Gasteiger partial charge in [0.15, 0.2) is 0 Å². The number of benzene rings is 1. The van der Waals surface area contributed by atoms with E-state index >= 15 is 0 Å². The average Bonchev–Trinajstić information content (AvgIpc) is 2.70. The summed E-state index contributed by atoms with van der Waals surface area (Å²) in [5.74, 6) is -0.212. The third kappa shape index (κ3) is 3.16. The van der Waals surface area contributed by atoms with Gasteiger partial charge in [-0.1, -0.05) is 15.9 Å². The summed E-state index contributed by atoms with van der Waals surface area (Å²) < 4.78 is 15.4. The fourth-order valence-corrected chi connectivity index (χ4v) is 3.68. The Hall–Kier alpha value is -0.230. The van der Waals surface area contributed by atoms with E-state index in [4.69, 9.17) is 5.73 Å². The number of rotatable bonds is 3. The van der Waals surface area contributed by atoms with Crippen LogP contribution < -0.4 is 5.73 Å². The first-order chi connectivity index (χ1) is 8.08. The number of hydrogen-bond acceptors (Lipinski definition) is 2. The molecule has 5 heteroatoms. The molecule has 0 saturated carbocycles. The van der Waals surface area contributed by atoms with E-state index in [0.717, 1.165) is 13.8 Å². The van der Waals surface area contributed by atoms with E-state index in [9.17, 15) is 4.39 Å². The van der Waals surface area contributed by atoms with Gasteiger partial charge in [0.1, 0.15) is 5.82 Å². The van der Waals surface area contributed by atoms with Crippen molar-refractivity contribution in [1.29, 1.82) is 0 Å². The summed E-state index contributed by atoms with van der Waals surface area (Å²) in [4.78, 5) is 1.05. The van der Waals surface area contributed by atoms with Crippen LogP contribution in [0.3, 0.4) is 0 Å². The van der Waals surface area contributed by atoms with Crippen LogP contribution in [0.1, 0.15) is 16.5 Å². The molecule has 0 bridgehead atoms. The number of hydrogen-bond donors (Lipinski definition) is 1. The summed E-state index contributed by atoms with van der Waals surface area (Å²) in [7, 11) is 0. The Morgan fingerprint density at radius 2 is 2.06 bits per heavy atom. The number of thiophene rings is 1. The Labute approximate surface area is 120 Å². The predicted octanol–water partition coefficient (Wildman–Crippen LogP) is 4.65. The zero-order valence-corrected chi connectivity index (χ0v) is 12.8. The first-order valence-corrected chi connectivity index (χ1v) is 7.47. The Kier molecular flexibility index (Phi) is 4.36. The van der Waals surface area contributed by atoms with Gasteiger partial charge in [-0.25, -0.2) is 4.39 Å². The van der Waals surface area contributed by atoms with Gasteiger partial charge in [-0.2, -0.15) is 0 Å². The Balaban J connectivity index is 2.21. The topological polar surface area (TPSA) is 26.0 Å². The molecule has 1 atom stereocenters. The molecule has 0 aliphatic heterocycles. The maximum Gasteiger partial charge on any atom is 0.126 e. The van der Waals surface area contributed by atoms with Crippen molar-refractivity contribution in [3.8, 4) is 0 Å². The molecule has 0 radical (unpaired) electrons. The lowest BCUT2D eigenvalue weighted by Gasteiger charge is -2.11. The summed E-state index contributed by atoms with van der Waals surface area (Å²) in [6.45, 7) is 0. The largest absolute Gasteiger partial charge is 0.323 e. The van der Waals surface area contributed by atoms with Gasteiger partial charge < -0.3 is 5.73 Å². The van der Waals surface area contributed by atoms with Crippen LogP contribution in [0.15, 0.2) is 38.6 Å². The molecule has 0 saturated heterocycles. The lowest BCUT2D eigenvalue weighted by Crippen LogP contribution is -2.13. The smallest absolute Gasteiger partial charge is 0.126 e. The van der Waals surface area contributed by atoms with Crippen molar-refractivity contribution in [2.24, 2.45) is 5.73 Å². The average molecular weight is 379 g/mol. The molecule has 17 heavy (non-hydrogen) atoms. The van der Waals surface area contributed by atoms with E-state index in [-0.39, 0.29) is 11.9 Å². The van der Waals surface area contributed by atoms with Gasteiger partial charge in [0.25, 0.3) is 0 Å². The zero-order valence-electron chi connectivity index (χ0n) is 8.79. The summed E-state index contributed by atoms with van der Waals surface area (Å²) >= 11 is 8.36. The molecule has 0 amide bonds. The van der Waals surface area contributed by atoms with E-state index in [0.29, 0.717) is 12.0 Å². The minimum absolute atomic E-state index is 0.187. The molecule has 1 aromatic heterocycles. The number of nitrogens with two attached hydrogens (primary N) is 1. The molecule has 1 aromatic carbocycles. The minimum atomic E-state index is -0.212. The Morgan fingerprint density at radius 3 is 2.71 bits per heavy atom. The lowest BCUT2D eigenvalue weighted by atomic mass is 10.1. The van der Waals surface area contributed by atoms with E-state index in [1.807, 2.05) is 11.4 Å². The van der Waals surface area contributed by atoms with Gasteiger partial charge in [0.05, 0.1) is 0 Å². The van der Waals surface area contributed by atoms with Gasteiger partial charge in [-0.05, 0) is 57.6 Å². The minimum Gasteiger partial charge on any atom is -0.323 e. The summed E-state index contributed by atoms with van der Waals surface area (Å²) in [5.41, 5.74) is 6.72. The van der Waals surface area contributed by atoms with Crippen molar-refractivity contribution < 1.29 is 4.39 Å². The van der Waals surface area contributed by atoms with Crippen LogP contribution in [0.2, 0.25) is 0 Å². The third-order valence-corrected chi connectivity index (χ3v) is 4.93. The second-order valence-corrected chi connectivity index (χ2v) is 6.40. The molecule has 2 rings (SSSR count). The summed E-state index contributed by atoms with van der Waals surface area (Å²) in [5, 5.41) is 1.97. The second kappa shape index (κ2) is 5.61. The molecule has 0 spiro atoms. The third-order valence-electron chi connectivity index (χ3n) is 2.43. The fraction of sp³-hybridized carbons (Fsp3) is 0.167. The van der Waals surface area contributed by atoms with E-state index in [1.54, 1.807) is 23.5 Å². The van der Waals surface area contributed by atoms with Crippen molar-refractivity contribution in [1.82, 2.24) is 0 Å². The van der Waals surface area contributed by atoms with Crippen LogP contribution in [0.25, 0.3) is 0 Å². The molecule has 0 fully saturated rings. The van der Waals surface area contributed by atoms with Crippen molar-refractivity contribution in [3.63, 3.8) is 0 Å². The first-order valence-electron chi connectivity index (χ1n) is 5.00. The van der Waals surface area contributed by atoms with Gasteiger partial charge in [-0.15, -0.1) is 11.3 Å². The molecule has 1 heterocycles. The monoisotopic (exact) mass is 377 g/mol. The molecule has 1 nitrogen and oxygen atoms in total. The normalized spacial score (nSPS) is 12.7. The molecule has 2 aromatic rings. The molecule has 90 valence electrons. The molecule has 2 N–H and O–H groups in total. The summed E-state index contributed by atoms with van der Waals surface area (Å²) in [6.07, 6.45) is 0.490. The highest BCUT2D eigenvalue weighted by Gasteiger charge is 2.14. The van der Waals surface area contributed by atoms with Gasteiger partial charge in [0, 0.05) is 19.9 Å². The van der Waals surface area contributed by atoms with Crippen LogP contribution in [-0.2, 0) is 6.42 Å². The molecular formula is C12H10Br2FNS. The maximum atomic E-state index is 13.6. The van der Waals surface area contributed by atoms with E-state index < -0.39 is 0 Å². The van der Waals surface area contributed by atoms with Crippen LogP contribution in [0, 0.1) is 5.82 Å². The van der Waals surface area contributed by atoms with Crippen molar-refractivity contribution >= 4 is 43.2 Å². The second-order valence-electron chi connectivity index (χ2n) is 3.68. The van der Waals surface area contributed by atoms with Gasteiger partial charge in [0.2, 0.25) is 0 Å². The Morgan fingerprint density at radius 1 is 1.29 bits per heavy atom. The standard InChI is InChI=1S/C12H10Br2FNS/c13-8-1-2-10(15)7(5-8)6-11(16)12-9(14)3-4-17-12/h1-5,11H,6,16H2. The van der Waals surface area contributed by atoms with E-state index in [2.05, 4.69) is 31.9 Å². The number of halogens is 3. The fourth-order valence-electron chi connectivity index (χ4n) is 1.60. The van der Waals surface area contributed by atoms with E-state index in [1.165, 1.54) is 6.07 Å². The first kappa shape index (κ1) is 13.2. The highest BCUT2D eigenvalue weighted by molar-refractivity contribution is 9.10. The van der Waals surface area contributed by atoms with Crippen LogP contribution in [0.5, 0.6) is 0 Å². The molecule has 0 aliphatic carbocycles. The molecule has 1 unspecified atom stereocenters. The van der Waals surface area contributed by atoms with Crippen molar-refractivity contribution in [3.05, 3.63) is 54.8 Å². The lowest BCUT2D eigenvalue weighted by molar-refractivity contribution is 0.594. The quantitative estimate of drug-likeness (QED) is 0.826.